The van der Waals surface area contributed by atoms with Gasteiger partial charge in [0.2, 0.25) is 5.91 Å². The van der Waals surface area contributed by atoms with Crippen molar-refractivity contribution in [1.29, 1.82) is 0 Å². The number of rotatable bonds is 3. The number of anilines is 1. The van der Waals surface area contributed by atoms with Crippen LogP contribution in [0.1, 0.15) is 55.8 Å². The molecule has 0 spiro atoms. The molecule has 5 rings (SSSR count). The lowest BCUT2D eigenvalue weighted by molar-refractivity contribution is -0.119. The van der Waals surface area contributed by atoms with Crippen molar-refractivity contribution >= 4 is 22.6 Å². The van der Waals surface area contributed by atoms with E-state index in [0.717, 1.165) is 41.9 Å². The fraction of sp³-hybridized carbons (Fsp3) is 0.417. The number of aryl methyl sites for hydroxylation is 1. The van der Waals surface area contributed by atoms with Gasteiger partial charge in [-0.15, -0.1) is 0 Å². The van der Waals surface area contributed by atoms with Gasteiger partial charge in [0.05, 0.1) is 11.0 Å². The Morgan fingerprint density at radius 1 is 0.964 bits per heavy atom. The number of benzene rings is 2. The third-order valence-corrected chi connectivity index (χ3v) is 6.36. The minimum atomic E-state index is 0.173. The van der Waals surface area contributed by atoms with Crippen LogP contribution in [0.3, 0.4) is 0 Å². The van der Waals surface area contributed by atoms with E-state index < -0.39 is 0 Å². The second-order valence-corrected chi connectivity index (χ2v) is 8.16. The SMILES string of the molecule is O=C(Cn1c(C2CCCCC2)nc2ccccc21)N1CCCc2ccccc21. The van der Waals surface area contributed by atoms with Crippen molar-refractivity contribution in [3.05, 3.63) is 59.9 Å². The lowest BCUT2D eigenvalue weighted by Gasteiger charge is -2.30. The molecule has 0 N–H and O–H groups in total. The molecule has 1 amide bonds. The number of hydrogen-bond acceptors (Lipinski definition) is 2. The molecule has 1 aliphatic heterocycles. The third-order valence-electron chi connectivity index (χ3n) is 6.36. The second-order valence-electron chi connectivity index (χ2n) is 8.16. The standard InChI is InChI=1S/C24H27N3O/c28-23(26-16-8-12-18-9-4-6-14-21(18)26)17-27-22-15-7-5-13-20(22)25-24(27)19-10-2-1-3-11-19/h4-7,9,13-15,19H,1-3,8,10-12,16-17H2. The number of carbonyl (C=O) groups is 1. The molecule has 1 saturated carbocycles. The summed E-state index contributed by atoms with van der Waals surface area (Å²) in [6.07, 6.45) is 8.31. The van der Waals surface area contributed by atoms with Crippen molar-refractivity contribution in [2.45, 2.75) is 57.4 Å². The van der Waals surface area contributed by atoms with Crippen LogP contribution in [0.5, 0.6) is 0 Å². The molecule has 0 unspecified atom stereocenters. The molecule has 2 aliphatic rings. The van der Waals surface area contributed by atoms with Crippen LogP contribution >= 0.6 is 0 Å². The summed E-state index contributed by atoms with van der Waals surface area (Å²) in [6.45, 7) is 1.18. The second kappa shape index (κ2) is 7.42. The van der Waals surface area contributed by atoms with E-state index in [-0.39, 0.29) is 5.91 Å². The van der Waals surface area contributed by atoms with Gasteiger partial charge in [0, 0.05) is 18.2 Å². The summed E-state index contributed by atoms with van der Waals surface area (Å²) < 4.78 is 2.20. The number of fused-ring (bicyclic) bond motifs is 2. The van der Waals surface area contributed by atoms with Gasteiger partial charge in [0.15, 0.2) is 0 Å². The molecule has 4 nitrogen and oxygen atoms in total. The first-order valence-corrected chi connectivity index (χ1v) is 10.6. The maximum Gasteiger partial charge on any atom is 0.246 e. The van der Waals surface area contributed by atoms with Crippen molar-refractivity contribution in [3.8, 4) is 0 Å². The van der Waals surface area contributed by atoms with E-state index in [9.17, 15) is 4.79 Å². The largest absolute Gasteiger partial charge is 0.318 e. The Bertz CT molecular complexity index is 1000. The number of para-hydroxylation sites is 3. The van der Waals surface area contributed by atoms with E-state index in [0.29, 0.717) is 12.5 Å². The monoisotopic (exact) mass is 373 g/mol. The first-order valence-electron chi connectivity index (χ1n) is 10.6. The number of imidazole rings is 1. The van der Waals surface area contributed by atoms with Crippen LogP contribution in [0.2, 0.25) is 0 Å². The Balaban J connectivity index is 1.50. The quantitative estimate of drug-likeness (QED) is 0.643. The maximum absolute atomic E-state index is 13.4. The van der Waals surface area contributed by atoms with Crippen molar-refractivity contribution in [3.63, 3.8) is 0 Å². The zero-order valence-corrected chi connectivity index (χ0v) is 16.3. The summed E-state index contributed by atoms with van der Waals surface area (Å²) >= 11 is 0. The van der Waals surface area contributed by atoms with Gasteiger partial charge >= 0.3 is 0 Å². The summed E-state index contributed by atoms with van der Waals surface area (Å²) in [5.41, 5.74) is 4.46. The molecular formula is C24H27N3O. The van der Waals surface area contributed by atoms with Gasteiger partial charge < -0.3 is 9.47 Å². The van der Waals surface area contributed by atoms with Crippen molar-refractivity contribution < 1.29 is 4.79 Å². The number of aromatic nitrogens is 2. The predicted molar refractivity (Wildman–Crippen MR) is 113 cm³/mol. The van der Waals surface area contributed by atoms with Gasteiger partial charge in [-0.25, -0.2) is 4.98 Å². The fourth-order valence-electron chi connectivity index (χ4n) is 4.95. The van der Waals surface area contributed by atoms with Gasteiger partial charge in [-0.05, 0) is 49.4 Å². The number of hydrogen-bond donors (Lipinski definition) is 0. The van der Waals surface area contributed by atoms with Crippen LogP contribution in [0.4, 0.5) is 5.69 Å². The van der Waals surface area contributed by atoms with Crippen molar-refractivity contribution in [2.75, 3.05) is 11.4 Å². The normalized spacial score (nSPS) is 17.6. The van der Waals surface area contributed by atoms with Gasteiger partial charge in [0.25, 0.3) is 0 Å². The molecule has 2 heterocycles. The Kier molecular flexibility index (Phi) is 4.63. The lowest BCUT2D eigenvalue weighted by atomic mass is 9.88. The Morgan fingerprint density at radius 2 is 1.75 bits per heavy atom. The van der Waals surface area contributed by atoms with Crippen molar-refractivity contribution in [2.24, 2.45) is 0 Å². The van der Waals surface area contributed by atoms with Crippen LogP contribution in [-0.2, 0) is 17.8 Å². The van der Waals surface area contributed by atoms with E-state index in [2.05, 4.69) is 34.9 Å². The van der Waals surface area contributed by atoms with Gasteiger partial charge in [-0.2, -0.15) is 0 Å². The summed E-state index contributed by atoms with van der Waals surface area (Å²) in [4.78, 5) is 20.3. The summed E-state index contributed by atoms with van der Waals surface area (Å²) in [7, 11) is 0. The van der Waals surface area contributed by atoms with Crippen molar-refractivity contribution in [1.82, 2.24) is 9.55 Å². The first-order chi connectivity index (χ1) is 13.8. The van der Waals surface area contributed by atoms with Crippen LogP contribution in [0, 0.1) is 0 Å². The van der Waals surface area contributed by atoms with E-state index in [4.69, 9.17) is 4.98 Å². The lowest BCUT2D eigenvalue weighted by Crippen LogP contribution is -2.38. The average Bonchev–Trinajstić information content (AvgIpc) is 3.12. The first kappa shape index (κ1) is 17.5. The fourth-order valence-corrected chi connectivity index (χ4v) is 4.95. The Morgan fingerprint density at radius 3 is 2.64 bits per heavy atom. The molecule has 4 heteroatoms. The average molecular weight is 374 g/mol. The summed E-state index contributed by atoms with van der Waals surface area (Å²) in [5.74, 6) is 1.76. The molecule has 0 bridgehead atoms. The highest BCUT2D eigenvalue weighted by Gasteiger charge is 2.26. The molecule has 2 aromatic carbocycles. The van der Waals surface area contributed by atoms with Crippen LogP contribution in [-0.4, -0.2) is 22.0 Å². The topological polar surface area (TPSA) is 38.1 Å². The van der Waals surface area contributed by atoms with Crippen LogP contribution < -0.4 is 4.90 Å². The molecule has 0 saturated heterocycles. The van der Waals surface area contributed by atoms with E-state index in [1.54, 1.807) is 0 Å². The molecule has 28 heavy (non-hydrogen) atoms. The highest BCUT2D eigenvalue weighted by atomic mass is 16.2. The highest BCUT2D eigenvalue weighted by molar-refractivity contribution is 5.95. The summed E-state index contributed by atoms with van der Waals surface area (Å²) in [6, 6.07) is 16.6. The number of nitrogens with zero attached hydrogens (tertiary/aromatic N) is 3. The van der Waals surface area contributed by atoms with Gasteiger partial charge in [-0.1, -0.05) is 49.6 Å². The molecule has 0 radical (unpaired) electrons. The van der Waals surface area contributed by atoms with Gasteiger partial charge in [-0.3, -0.25) is 4.79 Å². The zero-order valence-electron chi connectivity index (χ0n) is 16.3. The highest BCUT2D eigenvalue weighted by Crippen LogP contribution is 2.34. The van der Waals surface area contributed by atoms with E-state index >= 15 is 0 Å². The molecule has 1 aromatic heterocycles. The molecule has 1 fully saturated rings. The molecule has 3 aromatic rings. The summed E-state index contributed by atoms with van der Waals surface area (Å²) in [5, 5.41) is 0. The third kappa shape index (κ3) is 3.11. The smallest absolute Gasteiger partial charge is 0.246 e. The van der Waals surface area contributed by atoms with E-state index in [1.165, 1.54) is 37.7 Å². The Labute approximate surface area is 166 Å². The minimum Gasteiger partial charge on any atom is -0.318 e. The molecule has 1 aliphatic carbocycles. The van der Waals surface area contributed by atoms with E-state index in [1.807, 2.05) is 23.1 Å². The molecule has 144 valence electrons. The predicted octanol–water partition coefficient (Wildman–Crippen LogP) is 5.06. The number of amides is 1. The maximum atomic E-state index is 13.4. The van der Waals surface area contributed by atoms with Gasteiger partial charge in [0.1, 0.15) is 12.4 Å². The number of carbonyl (C=O) groups excluding carboxylic acids is 1. The van der Waals surface area contributed by atoms with Crippen LogP contribution in [0.25, 0.3) is 11.0 Å². The van der Waals surface area contributed by atoms with Crippen LogP contribution in [0.15, 0.2) is 48.5 Å². The molecular weight excluding hydrogens is 346 g/mol. The molecule has 0 atom stereocenters. The Hall–Kier alpha value is -2.62. The zero-order chi connectivity index (χ0) is 18.9. The minimum absolute atomic E-state index is 0.173.